The Morgan fingerprint density at radius 3 is 1.18 bits per heavy atom. The van der Waals surface area contributed by atoms with Gasteiger partial charge in [-0.05, 0) is 44.9 Å². The van der Waals surface area contributed by atoms with Crippen molar-refractivity contribution >= 4 is 17.9 Å². The highest BCUT2D eigenvalue weighted by Crippen LogP contribution is 2.14. The van der Waals surface area contributed by atoms with E-state index in [1.165, 1.54) is 96.3 Å². The molecule has 0 heterocycles. The van der Waals surface area contributed by atoms with Crippen molar-refractivity contribution in [1.29, 1.82) is 0 Å². The van der Waals surface area contributed by atoms with Gasteiger partial charge in [-0.15, -0.1) is 0 Å². The largest absolute Gasteiger partial charge is 0.462 e. The third-order valence-corrected chi connectivity index (χ3v) is 8.96. The molecule has 0 rings (SSSR count). The second-order valence-corrected chi connectivity index (χ2v) is 13.9. The number of carbonyl (C=O) groups is 3. The maximum atomic E-state index is 12.6. The molecule has 0 aliphatic heterocycles. The van der Waals surface area contributed by atoms with E-state index in [4.69, 9.17) is 14.2 Å². The minimum absolute atomic E-state index is 0.0739. The summed E-state index contributed by atoms with van der Waals surface area (Å²) in [5.41, 5.74) is 0. The summed E-state index contributed by atoms with van der Waals surface area (Å²) in [7, 11) is 0. The van der Waals surface area contributed by atoms with Gasteiger partial charge in [0.25, 0.3) is 0 Å². The normalized spacial score (nSPS) is 12.1. The van der Waals surface area contributed by atoms with Crippen molar-refractivity contribution in [2.45, 2.75) is 219 Å². The lowest BCUT2D eigenvalue weighted by atomic mass is 10.1. The number of hydrogen-bond donors (Lipinski definition) is 0. The molecule has 1 unspecified atom stereocenters. The molecule has 0 N–H and O–H groups in total. The molecule has 0 bridgehead atoms. The lowest BCUT2D eigenvalue weighted by Gasteiger charge is -2.18. The second kappa shape index (κ2) is 38.7. The predicted octanol–water partition coefficient (Wildman–Crippen LogP) is 12.9. The van der Waals surface area contributed by atoms with Crippen LogP contribution in [-0.4, -0.2) is 37.2 Å². The maximum absolute atomic E-state index is 12.6. The molecule has 0 fully saturated rings. The average molecular weight is 691 g/mol. The fourth-order valence-corrected chi connectivity index (χ4v) is 5.75. The van der Waals surface area contributed by atoms with Gasteiger partial charge in [0.2, 0.25) is 0 Å². The molecule has 0 spiro atoms. The van der Waals surface area contributed by atoms with Gasteiger partial charge < -0.3 is 14.2 Å². The smallest absolute Gasteiger partial charge is 0.306 e. The van der Waals surface area contributed by atoms with Crippen molar-refractivity contribution in [3.63, 3.8) is 0 Å². The summed E-state index contributed by atoms with van der Waals surface area (Å²) >= 11 is 0. The van der Waals surface area contributed by atoms with Crippen LogP contribution in [0, 0.1) is 0 Å². The molecule has 0 radical (unpaired) electrons. The van der Waals surface area contributed by atoms with Crippen LogP contribution in [0.2, 0.25) is 0 Å². The number of carbonyl (C=O) groups excluding carboxylic acids is 3. The Morgan fingerprint density at radius 2 is 0.755 bits per heavy atom. The SMILES string of the molecule is CCCC/C=C\C/C=C\CCCCCCCC(=O)OCC(COC(=O)CCCCCCCC)OC(=O)CCCCCCCCCCCCC. The Morgan fingerprint density at radius 1 is 0.408 bits per heavy atom. The summed E-state index contributed by atoms with van der Waals surface area (Å²) in [6, 6.07) is 0. The molecular weight excluding hydrogens is 612 g/mol. The number of hydrogen-bond acceptors (Lipinski definition) is 6. The highest BCUT2D eigenvalue weighted by molar-refractivity contribution is 5.71. The minimum Gasteiger partial charge on any atom is -0.462 e. The summed E-state index contributed by atoms with van der Waals surface area (Å²) in [6.07, 6.45) is 40.3. The van der Waals surface area contributed by atoms with Gasteiger partial charge in [-0.3, -0.25) is 14.4 Å². The lowest BCUT2D eigenvalue weighted by Crippen LogP contribution is -2.30. The molecule has 6 heteroatoms. The van der Waals surface area contributed by atoms with E-state index in [9.17, 15) is 14.4 Å². The fourth-order valence-electron chi connectivity index (χ4n) is 5.75. The topological polar surface area (TPSA) is 78.9 Å². The van der Waals surface area contributed by atoms with E-state index in [-0.39, 0.29) is 31.1 Å². The quantitative estimate of drug-likeness (QED) is 0.0279. The van der Waals surface area contributed by atoms with Gasteiger partial charge in [-0.2, -0.15) is 0 Å². The number of unbranched alkanes of at least 4 members (excludes halogenated alkanes) is 22. The molecule has 0 saturated heterocycles. The first-order valence-electron chi connectivity index (χ1n) is 20.8. The van der Waals surface area contributed by atoms with Crippen LogP contribution in [0.3, 0.4) is 0 Å². The van der Waals surface area contributed by atoms with Crippen LogP contribution in [0.25, 0.3) is 0 Å². The van der Waals surface area contributed by atoms with Gasteiger partial charge in [0.1, 0.15) is 13.2 Å². The Hall–Kier alpha value is -2.11. The number of esters is 3. The van der Waals surface area contributed by atoms with Crippen LogP contribution < -0.4 is 0 Å². The molecule has 0 aromatic heterocycles. The predicted molar refractivity (Wildman–Crippen MR) is 206 cm³/mol. The molecule has 0 aliphatic carbocycles. The molecule has 286 valence electrons. The molecule has 0 aromatic rings. The highest BCUT2D eigenvalue weighted by atomic mass is 16.6. The molecule has 0 aliphatic rings. The number of ether oxygens (including phenoxy) is 3. The molecule has 0 aromatic carbocycles. The van der Waals surface area contributed by atoms with Crippen molar-refractivity contribution < 1.29 is 28.6 Å². The van der Waals surface area contributed by atoms with Gasteiger partial charge in [0.15, 0.2) is 6.10 Å². The van der Waals surface area contributed by atoms with Crippen molar-refractivity contribution in [2.75, 3.05) is 13.2 Å². The van der Waals surface area contributed by atoms with Gasteiger partial charge >= 0.3 is 17.9 Å². The second-order valence-electron chi connectivity index (χ2n) is 13.9. The summed E-state index contributed by atoms with van der Waals surface area (Å²) in [4.78, 5) is 37.4. The third-order valence-electron chi connectivity index (χ3n) is 8.96. The maximum Gasteiger partial charge on any atom is 0.306 e. The molecule has 49 heavy (non-hydrogen) atoms. The molecule has 1 atom stereocenters. The van der Waals surface area contributed by atoms with Crippen LogP contribution in [0.4, 0.5) is 0 Å². The van der Waals surface area contributed by atoms with E-state index in [1.807, 2.05) is 0 Å². The van der Waals surface area contributed by atoms with Gasteiger partial charge in [-0.1, -0.05) is 173 Å². The van der Waals surface area contributed by atoms with Gasteiger partial charge in [0, 0.05) is 19.3 Å². The Kier molecular flexibility index (Phi) is 37.0. The van der Waals surface area contributed by atoms with Crippen LogP contribution in [0.5, 0.6) is 0 Å². The van der Waals surface area contributed by atoms with Crippen LogP contribution in [-0.2, 0) is 28.6 Å². The number of allylic oxidation sites excluding steroid dienone is 4. The van der Waals surface area contributed by atoms with E-state index in [2.05, 4.69) is 45.1 Å². The summed E-state index contributed by atoms with van der Waals surface area (Å²) in [6.45, 7) is 6.50. The van der Waals surface area contributed by atoms with E-state index < -0.39 is 6.10 Å². The Bertz CT molecular complexity index is 804. The summed E-state index contributed by atoms with van der Waals surface area (Å²) in [5.74, 6) is -0.898. The van der Waals surface area contributed by atoms with Crippen molar-refractivity contribution in [2.24, 2.45) is 0 Å². The van der Waals surface area contributed by atoms with Gasteiger partial charge in [0.05, 0.1) is 0 Å². The first-order valence-corrected chi connectivity index (χ1v) is 20.8. The van der Waals surface area contributed by atoms with E-state index in [0.717, 1.165) is 77.0 Å². The monoisotopic (exact) mass is 691 g/mol. The van der Waals surface area contributed by atoms with E-state index in [1.54, 1.807) is 0 Å². The minimum atomic E-state index is -0.766. The van der Waals surface area contributed by atoms with E-state index >= 15 is 0 Å². The standard InChI is InChI=1S/C43H78O6/c1-4-7-10-13-16-18-20-21-22-24-25-27-30-33-36-42(45)48-39-40(38-47-41(44)35-32-29-15-12-9-6-3)49-43(46)37-34-31-28-26-23-19-17-14-11-8-5-2/h13,16,20-21,40H,4-12,14-15,17-19,22-39H2,1-3H3/b16-13-,21-20-. The van der Waals surface area contributed by atoms with Gasteiger partial charge in [-0.25, -0.2) is 0 Å². The molecule has 6 nitrogen and oxygen atoms in total. The number of rotatable bonds is 37. The van der Waals surface area contributed by atoms with Crippen molar-refractivity contribution in [1.82, 2.24) is 0 Å². The highest BCUT2D eigenvalue weighted by Gasteiger charge is 2.19. The van der Waals surface area contributed by atoms with Crippen molar-refractivity contribution in [3.05, 3.63) is 24.3 Å². The summed E-state index contributed by atoms with van der Waals surface area (Å²) < 4.78 is 16.6. The van der Waals surface area contributed by atoms with Crippen LogP contribution >= 0.6 is 0 Å². The zero-order chi connectivity index (χ0) is 35.9. The first-order chi connectivity index (χ1) is 24.0. The zero-order valence-corrected chi connectivity index (χ0v) is 32.5. The zero-order valence-electron chi connectivity index (χ0n) is 32.5. The van der Waals surface area contributed by atoms with Crippen LogP contribution in [0.15, 0.2) is 24.3 Å². The summed E-state index contributed by atoms with van der Waals surface area (Å²) in [5, 5.41) is 0. The Labute approximate surface area is 303 Å². The first kappa shape index (κ1) is 46.9. The van der Waals surface area contributed by atoms with Crippen LogP contribution in [0.1, 0.15) is 213 Å². The average Bonchev–Trinajstić information content (AvgIpc) is 3.10. The fraction of sp³-hybridized carbons (Fsp3) is 0.837. The van der Waals surface area contributed by atoms with E-state index in [0.29, 0.717) is 19.3 Å². The third kappa shape index (κ3) is 37.0. The molecule has 0 amide bonds. The van der Waals surface area contributed by atoms with Crippen molar-refractivity contribution in [3.8, 4) is 0 Å². The lowest BCUT2D eigenvalue weighted by molar-refractivity contribution is -0.167. The molecule has 0 saturated carbocycles. The Balaban J connectivity index is 4.31. The molecular formula is C43H78O6.